The number of aromatic nitrogens is 2. The van der Waals surface area contributed by atoms with Crippen LogP contribution in [0.3, 0.4) is 0 Å². The van der Waals surface area contributed by atoms with Gasteiger partial charge in [0.05, 0.1) is 6.20 Å². The van der Waals surface area contributed by atoms with Crippen LogP contribution in [0.5, 0.6) is 0 Å². The van der Waals surface area contributed by atoms with Crippen LogP contribution in [0.1, 0.15) is 31.9 Å². The molecule has 0 saturated carbocycles. The molecule has 0 aliphatic heterocycles. The van der Waals surface area contributed by atoms with Crippen molar-refractivity contribution in [1.29, 1.82) is 0 Å². The minimum absolute atomic E-state index is 0.0652. The summed E-state index contributed by atoms with van der Waals surface area (Å²) in [5.41, 5.74) is 7.20. The van der Waals surface area contributed by atoms with Crippen LogP contribution in [0.15, 0.2) is 12.4 Å². The van der Waals surface area contributed by atoms with Gasteiger partial charge in [-0.3, -0.25) is 4.68 Å². The van der Waals surface area contributed by atoms with E-state index in [2.05, 4.69) is 18.9 Å². The van der Waals surface area contributed by atoms with Crippen LogP contribution in [0, 0.1) is 5.92 Å². The second-order valence-electron chi connectivity index (χ2n) is 4.03. The number of hydrogen-bond acceptors (Lipinski definition) is 3. The van der Waals surface area contributed by atoms with Crippen molar-refractivity contribution in [3.05, 3.63) is 18.0 Å². The van der Waals surface area contributed by atoms with E-state index in [1.807, 2.05) is 17.1 Å². The third-order valence-corrected chi connectivity index (χ3v) is 2.51. The Bertz CT molecular complexity index is 285. The minimum atomic E-state index is 0.0652. The lowest BCUT2D eigenvalue weighted by molar-refractivity contribution is 0.152. The molecule has 0 spiro atoms. The second kappa shape index (κ2) is 5.88. The zero-order chi connectivity index (χ0) is 11.3. The molecule has 4 heteroatoms. The molecule has 1 rings (SSSR count). The van der Waals surface area contributed by atoms with Gasteiger partial charge in [0.15, 0.2) is 0 Å². The Morgan fingerprint density at radius 1 is 1.60 bits per heavy atom. The molecule has 4 nitrogen and oxygen atoms in total. The quantitative estimate of drug-likeness (QED) is 0.777. The van der Waals surface area contributed by atoms with Crippen LogP contribution < -0.4 is 5.73 Å². The van der Waals surface area contributed by atoms with E-state index in [4.69, 9.17) is 10.5 Å². The van der Waals surface area contributed by atoms with Gasteiger partial charge in [0, 0.05) is 38.1 Å². The molecule has 15 heavy (non-hydrogen) atoms. The first-order valence-corrected chi connectivity index (χ1v) is 5.44. The molecule has 2 atom stereocenters. The highest BCUT2D eigenvalue weighted by Crippen LogP contribution is 2.18. The first kappa shape index (κ1) is 12.2. The highest BCUT2D eigenvalue weighted by atomic mass is 16.5. The van der Waals surface area contributed by atoms with Gasteiger partial charge in [-0.2, -0.15) is 5.10 Å². The summed E-state index contributed by atoms with van der Waals surface area (Å²) in [6.07, 6.45) is 4.81. The van der Waals surface area contributed by atoms with Crippen LogP contribution in [0.25, 0.3) is 0 Å². The van der Waals surface area contributed by atoms with Gasteiger partial charge in [-0.05, 0) is 19.3 Å². The third kappa shape index (κ3) is 3.64. The first-order chi connectivity index (χ1) is 7.17. The Labute approximate surface area is 91.4 Å². The molecule has 1 heterocycles. The number of nitrogens with zero attached hydrogens (tertiary/aromatic N) is 2. The van der Waals surface area contributed by atoms with E-state index in [9.17, 15) is 0 Å². The van der Waals surface area contributed by atoms with Gasteiger partial charge < -0.3 is 10.5 Å². The molecule has 1 aromatic rings. The Morgan fingerprint density at radius 3 is 2.87 bits per heavy atom. The van der Waals surface area contributed by atoms with Crippen molar-refractivity contribution in [1.82, 2.24) is 9.78 Å². The molecule has 0 fully saturated rings. The fourth-order valence-electron chi connectivity index (χ4n) is 1.67. The van der Waals surface area contributed by atoms with Crippen LogP contribution in [0.2, 0.25) is 0 Å². The molecule has 0 radical (unpaired) electrons. The van der Waals surface area contributed by atoms with E-state index in [0.29, 0.717) is 5.92 Å². The number of nitrogens with two attached hydrogens (primary N) is 1. The van der Waals surface area contributed by atoms with Gasteiger partial charge >= 0.3 is 0 Å². The molecule has 0 amide bonds. The topological polar surface area (TPSA) is 53.1 Å². The van der Waals surface area contributed by atoms with Gasteiger partial charge in [-0.25, -0.2) is 0 Å². The van der Waals surface area contributed by atoms with Crippen molar-refractivity contribution in [2.75, 3.05) is 13.7 Å². The van der Waals surface area contributed by atoms with Gasteiger partial charge in [-0.1, -0.05) is 6.92 Å². The highest BCUT2D eigenvalue weighted by Gasteiger charge is 2.12. The maximum Gasteiger partial charge on any atom is 0.0537 e. The lowest BCUT2D eigenvalue weighted by Gasteiger charge is -2.15. The fourth-order valence-corrected chi connectivity index (χ4v) is 1.67. The molecule has 0 aliphatic carbocycles. The van der Waals surface area contributed by atoms with E-state index in [-0.39, 0.29) is 6.04 Å². The predicted molar refractivity (Wildman–Crippen MR) is 60.5 cm³/mol. The summed E-state index contributed by atoms with van der Waals surface area (Å²) in [6.45, 7) is 5.86. The van der Waals surface area contributed by atoms with Crippen molar-refractivity contribution >= 4 is 0 Å². The number of rotatable bonds is 6. The van der Waals surface area contributed by atoms with E-state index in [0.717, 1.165) is 25.1 Å². The Balaban J connectivity index is 2.49. The summed E-state index contributed by atoms with van der Waals surface area (Å²) in [6, 6.07) is 0.0652. The van der Waals surface area contributed by atoms with E-state index < -0.39 is 0 Å². The standard InChI is InChI=1S/C11H21N3O/c1-4-14-7-10(6-13-14)11(12)5-9(2)8-15-3/h6-7,9,11H,4-5,8,12H2,1-3H3. The molecule has 1 aromatic heterocycles. The highest BCUT2D eigenvalue weighted by molar-refractivity contribution is 5.09. The third-order valence-electron chi connectivity index (χ3n) is 2.51. The lowest BCUT2D eigenvalue weighted by Crippen LogP contribution is -2.16. The monoisotopic (exact) mass is 211 g/mol. The summed E-state index contributed by atoms with van der Waals surface area (Å²) in [5, 5.41) is 4.21. The number of methoxy groups -OCH3 is 1. The summed E-state index contributed by atoms with van der Waals surface area (Å²) in [5.74, 6) is 0.481. The van der Waals surface area contributed by atoms with Crippen LogP contribution >= 0.6 is 0 Å². The van der Waals surface area contributed by atoms with E-state index in [1.165, 1.54) is 0 Å². The minimum Gasteiger partial charge on any atom is -0.384 e. The second-order valence-corrected chi connectivity index (χ2v) is 4.03. The molecule has 0 aliphatic rings. The van der Waals surface area contributed by atoms with Crippen molar-refractivity contribution in [2.24, 2.45) is 11.7 Å². The van der Waals surface area contributed by atoms with Gasteiger partial charge in [0.25, 0.3) is 0 Å². The SMILES string of the molecule is CCn1cc(C(N)CC(C)COC)cn1. The molecule has 0 aromatic carbocycles. The number of aryl methyl sites for hydroxylation is 1. The van der Waals surface area contributed by atoms with Gasteiger partial charge in [-0.15, -0.1) is 0 Å². The average molecular weight is 211 g/mol. The van der Waals surface area contributed by atoms with Crippen molar-refractivity contribution in [2.45, 2.75) is 32.9 Å². The van der Waals surface area contributed by atoms with E-state index in [1.54, 1.807) is 7.11 Å². The molecular weight excluding hydrogens is 190 g/mol. The molecular formula is C11H21N3O. The van der Waals surface area contributed by atoms with Crippen molar-refractivity contribution < 1.29 is 4.74 Å². The Hall–Kier alpha value is -0.870. The van der Waals surface area contributed by atoms with Crippen LogP contribution in [-0.4, -0.2) is 23.5 Å². The Kier molecular flexibility index (Phi) is 4.78. The van der Waals surface area contributed by atoms with E-state index >= 15 is 0 Å². The molecule has 2 unspecified atom stereocenters. The first-order valence-electron chi connectivity index (χ1n) is 5.44. The fraction of sp³-hybridized carbons (Fsp3) is 0.727. The van der Waals surface area contributed by atoms with Crippen LogP contribution in [-0.2, 0) is 11.3 Å². The Morgan fingerprint density at radius 2 is 2.33 bits per heavy atom. The maximum atomic E-state index is 6.09. The summed E-state index contributed by atoms with van der Waals surface area (Å²) >= 11 is 0. The zero-order valence-electron chi connectivity index (χ0n) is 9.81. The largest absolute Gasteiger partial charge is 0.384 e. The van der Waals surface area contributed by atoms with Crippen molar-refractivity contribution in [3.63, 3.8) is 0 Å². The van der Waals surface area contributed by atoms with Gasteiger partial charge in [0.2, 0.25) is 0 Å². The van der Waals surface area contributed by atoms with Gasteiger partial charge in [0.1, 0.15) is 0 Å². The molecule has 0 saturated heterocycles. The average Bonchev–Trinajstić information content (AvgIpc) is 2.66. The predicted octanol–water partition coefficient (Wildman–Crippen LogP) is 1.58. The van der Waals surface area contributed by atoms with Crippen LogP contribution in [0.4, 0.5) is 0 Å². The lowest BCUT2D eigenvalue weighted by atomic mass is 9.99. The zero-order valence-corrected chi connectivity index (χ0v) is 9.81. The molecule has 0 bridgehead atoms. The smallest absolute Gasteiger partial charge is 0.0537 e. The summed E-state index contributed by atoms with van der Waals surface area (Å²) in [7, 11) is 1.72. The normalized spacial score (nSPS) is 15.2. The summed E-state index contributed by atoms with van der Waals surface area (Å²) < 4.78 is 6.99. The number of hydrogen-bond donors (Lipinski definition) is 1. The van der Waals surface area contributed by atoms with Crippen molar-refractivity contribution in [3.8, 4) is 0 Å². The summed E-state index contributed by atoms with van der Waals surface area (Å²) in [4.78, 5) is 0. The maximum absolute atomic E-state index is 6.09. The molecule has 86 valence electrons. The number of ether oxygens (including phenoxy) is 1. The molecule has 2 N–H and O–H groups in total.